The molecule has 0 heterocycles. The molecule has 1 atom stereocenters. The molecule has 0 N–H and O–H groups in total. The second kappa shape index (κ2) is 6.37. The monoisotopic (exact) mass is 256 g/mol. The number of aryl methyl sites for hydroxylation is 1. The molecule has 0 saturated carbocycles. The molecule has 0 aliphatic carbocycles. The molecule has 2 nitrogen and oxygen atoms in total. The highest BCUT2D eigenvalue weighted by atomic mass is 16.5. The van der Waals surface area contributed by atoms with Gasteiger partial charge in [0.05, 0.1) is 12.5 Å². The summed E-state index contributed by atoms with van der Waals surface area (Å²) in [6, 6.07) is 14.8. The number of hydrogen-bond donors (Lipinski definition) is 0. The molecule has 0 radical (unpaired) electrons. The van der Waals surface area contributed by atoms with E-state index in [9.17, 15) is 4.79 Å². The summed E-state index contributed by atoms with van der Waals surface area (Å²) in [6.07, 6.45) is 1.74. The van der Waals surface area contributed by atoms with Crippen molar-refractivity contribution in [2.24, 2.45) is 5.92 Å². The van der Waals surface area contributed by atoms with Gasteiger partial charge in [-0.25, -0.2) is 0 Å². The Hall–Kier alpha value is -1.83. The molecule has 0 saturated heterocycles. The van der Waals surface area contributed by atoms with Crippen molar-refractivity contribution < 1.29 is 9.53 Å². The number of benzene rings is 2. The summed E-state index contributed by atoms with van der Waals surface area (Å²) in [7, 11) is 0. The number of ether oxygens (including phenoxy) is 1. The zero-order valence-corrected chi connectivity index (χ0v) is 11.6. The second-order valence-corrected chi connectivity index (χ2v) is 4.87. The van der Waals surface area contributed by atoms with E-state index in [0.29, 0.717) is 6.61 Å². The van der Waals surface area contributed by atoms with Crippen LogP contribution in [0.3, 0.4) is 0 Å². The van der Waals surface area contributed by atoms with Crippen LogP contribution in [-0.4, -0.2) is 12.6 Å². The molecule has 2 aromatic rings. The molecule has 1 unspecified atom stereocenters. The smallest absolute Gasteiger partial charge is 0.308 e. The lowest BCUT2D eigenvalue weighted by Gasteiger charge is -2.10. The van der Waals surface area contributed by atoms with Crippen molar-refractivity contribution in [2.45, 2.75) is 26.7 Å². The third-order valence-electron chi connectivity index (χ3n) is 3.37. The van der Waals surface area contributed by atoms with E-state index in [2.05, 4.69) is 30.3 Å². The van der Waals surface area contributed by atoms with Crippen LogP contribution in [0.4, 0.5) is 0 Å². The highest BCUT2D eigenvalue weighted by Gasteiger charge is 2.13. The van der Waals surface area contributed by atoms with Crippen LogP contribution in [0, 0.1) is 5.92 Å². The number of esters is 1. The van der Waals surface area contributed by atoms with Crippen LogP contribution < -0.4 is 0 Å². The average Bonchev–Trinajstić information content (AvgIpc) is 2.44. The molecule has 2 aromatic carbocycles. The quantitative estimate of drug-likeness (QED) is 0.757. The van der Waals surface area contributed by atoms with Crippen LogP contribution >= 0.6 is 0 Å². The lowest BCUT2D eigenvalue weighted by Crippen LogP contribution is -2.15. The molecule has 0 amide bonds. The zero-order chi connectivity index (χ0) is 13.7. The molecular weight excluding hydrogens is 236 g/mol. The van der Waals surface area contributed by atoms with E-state index in [4.69, 9.17) is 4.74 Å². The zero-order valence-electron chi connectivity index (χ0n) is 11.6. The molecular formula is C17H20O2. The van der Waals surface area contributed by atoms with Crippen molar-refractivity contribution in [3.05, 3.63) is 48.0 Å². The Morgan fingerprint density at radius 1 is 1.16 bits per heavy atom. The van der Waals surface area contributed by atoms with E-state index < -0.39 is 0 Å². The van der Waals surface area contributed by atoms with Gasteiger partial charge in [-0.2, -0.15) is 0 Å². The summed E-state index contributed by atoms with van der Waals surface area (Å²) >= 11 is 0. The van der Waals surface area contributed by atoms with Crippen molar-refractivity contribution in [2.75, 3.05) is 6.61 Å². The van der Waals surface area contributed by atoms with E-state index in [0.717, 1.165) is 12.8 Å². The van der Waals surface area contributed by atoms with Gasteiger partial charge in [-0.1, -0.05) is 49.4 Å². The fourth-order valence-electron chi connectivity index (χ4n) is 2.18. The predicted octanol–water partition coefficient (Wildman–Crippen LogP) is 3.97. The Bertz CT molecular complexity index is 560. The highest BCUT2D eigenvalue weighted by molar-refractivity contribution is 5.83. The molecule has 0 spiro atoms. The summed E-state index contributed by atoms with van der Waals surface area (Å²) in [5.74, 6) is -0.130. The topological polar surface area (TPSA) is 26.3 Å². The van der Waals surface area contributed by atoms with Crippen LogP contribution in [0.15, 0.2) is 42.5 Å². The lowest BCUT2D eigenvalue weighted by atomic mass is 9.99. The fourth-order valence-corrected chi connectivity index (χ4v) is 2.18. The Kier molecular flexibility index (Phi) is 4.56. The molecule has 0 bridgehead atoms. The molecule has 100 valence electrons. The first-order chi connectivity index (χ1) is 9.20. The molecule has 0 fully saturated rings. The number of fused-ring (bicyclic) bond motifs is 1. The van der Waals surface area contributed by atoms with Crippen molar-refractivity contribution in [3.63, 3.8) is 0 Å². The highest BCUT2D eigenvalue weighted by Crippen LogP contribution is 2.18. The van der Waals surface area contributed by atoms with Gasteiger partial charge in [-0.15, -0.1) is 0 Å². The molecule has 2 rings (SSSR count). The van der Waals surface area contributed by atoms with E-state index in [1.165, 1.54) is 16.3 Å². The number of carbonyl (C=O) groups excluding carboxylic acids is 1. The van der Waals surface area contributed by atoms with Gasteiger partial charge in [-0.3, -0.25) is 4.79 Å². The SMILES string of the molecule is CCOC(=O)C(C)CCc1ccc2ccccc2c1. The maximum absolute atomic E-state index is 11.6. The van der Waals surface area contributed by atoms with E-state index in [1.54, 1.807) is 0 Å². The Balaban J connectivity index is 1.99. The molecule has 0 aliphatic heterocycles. The number of rotatable bonds is 5. The van der Waals surface area contributed by atoms with Gasteiger partial charge in [0.1, 0.15) is 0 Å². The normalized spacial score (nSPS) is 12.3. The second-order valence-electron chi connectivity index (χ2n) is 4.87. The van der Waals surface area contributed by atoms with Crippen molar-refractivity contribution >= 4 is 16.7 Å². The average molecular weight is 256 g/mol. The van der Waals surface area contributed by atoms with Crippen molar-refractivity contribution in [1.29, 1.82) is 0 Å². The fraction of sp³-hybridized carbons (Fsp3) is 0.353. The summed E-state index contributed by atoms with van der Waals surface area (Å²) in [5, 5.41) is 2.51. The van der Waals surface area contributed by atoms with Crippen LogP contribution in [0.25, 0.3) is 10.8 Å². The third-order valence-corrected chi connectivity index (χ3v) is 3.37. The first-order valence-electron chi connectivity index (χ1n) is 6.85. The minimum absolute atomic E-state index is 0.0357. The van der Waals surface area contributed by atoms with Crippen molar-refractivity contribution in [1.82, 2.24) is 0 Å². The van der Waals surface area contributed by atoms with Gasteiger partial charge in [0.25, 0.3) is 0 Å². The Labute approximate surface area is 114 Å². The first-order valence-corrected chi connectivity index (χ1v) is 6.85. The summed E-state index contributed by atoms with van der Waals surface area (Å²) in [5.41, 5.74) is 1.27. The predicted molar refractivity (Wildman–Crippen MR) is 78.1 cm³/mol. The Morgan fingerprint density at radius 3 is 2.63 bits per heavy atom. The molecule has 19 heavy (non-hydrogen) atoms. The van der Waals surface area contributed by atoms with E-state index in [-0.39, 0.29) is 11.9 Å². The summed E-state index contributed by atoms with van der Waals surface area (Å²) < 4.78 is 5.02. The van der Waals surface area contributed by atoms with Gasteiger partial charge >= 0.3 is 5.97 Å². The van der Waals surface area contributed by atoms with Crippen LogP contribution in [-0.2, 0) is 16.0 Å². The maximum atomic E-state index is 11.6. The van der Waals surface area contributed by atoms with Gasteiger partial charge in [0.15, 0.2) is 0 Å². The van der Waals surface area contributed by atoms with Crippen LogP contribution in [0.2, 0.25) is 0 Å². The van der Waals surface area contributed by atoms with E-state index in [1.807, 2.05) is 26.0 Å². The first kappa shape index (κ1) is 13.6. The number of carbonyl (C=O) groups is 1. The third kappa shape index (κ3) is 3.57. The lowest BCUT2D eigenvalue weighted by molar-refractivity contribution is -0.147. The summed E-state index contributed by atoms with van der Waals surface area (Å²) in [6.45, 7) is 4.23. The molecule has 0 aromatic heterocycles. The van der Waals surface area contributed by atoms with Crippen molar-refractivity contribution in [3.8, 4) is 0 Å². The Morgan fingerprint density at radius 2 is 1.89 bits per heavy atom. The largest absolute Gasteiger partial charge is 0.466 e. The van der Waals surface area contributed by atoms with E-state index >= 15 is 0 Å². The molecule has 0 aliphatic rings. The van der Waals surface area contributed by atoms with Gasteiger partial charge in [-0.05, 0) is 36.1 Å². The number of hydrogen-bond acceptors (Lipinski definition) is 2. The minimum atomic E-state index is -0.0942. The van der Waals surface area contributed by atoms with Crippen LogP contribution in [0.5, 0.6) is 0 Å². The summed E-state index contributed by atoms with van der Waals surface area (Å²) in [4.78, 5) is 11.6. The van der Waals surface area contributed by atoms with Gasteiger partial charge in [0, 0.05) is 0 Å². The van der Waals surface area contributed by atoms with Gasteiger partial charge < -0.3 is 4.74 Å². The molecule has 2 heteroatoms. The maximum Gasteiger partial charge on any atom is 0.308 e. The minimum Gasteiger partial charge on any atom is -0.466 e. The van der Waals surface area contributed by atoms with Gasteiger partial charge in [0.2, 0.25) is 0 Å². The standard InChI is InChI=1S/C17H20O2/c1-3-19-17(18)13(2)8-9-14-10-11-15-6-4-5-7-16(15)12-14/h4-7,10-13H,3,8-9H2,1-2H3. The van der Waals surface area contributed by atoms with Crippen LogP contribution in [0.1, 0.15) is 25.8 Å².